The molecule has 1 atom stereocenters. The summed E-state index contributed by atoms with van der Waals surface area (Å²) in [5.41, 5.74) is 6.27. The van der Waals surface area contributed by atoms with Crippen LogP contribution >= 0.6 is 0 Å². The van der Waals surface area contributed by atoms with Gasteiger partial charge in [0.15, 0.2) is 0 Å². The van der Waals surface area contributed by atoms with Gasteiger partial charge < -0.3 is 4.74 Å². The van der Waals surface area contributed by atoms with Gasteiger partial charge in [-0.15, -0.1) is 0 Å². The van der Waals surface area contributed by atoms with Crippen molar-refractivity contribution in [3.63, 3.8) is 0 Å². The van der Waals surface area contributed by atoms with Gasteiger partial charge in [0.25, 0.3) is 0 Å². The summed E-state index contributed by atoms with van der Waals surface area (Å²) in [6.07, 6.45) is 12.0. The predicted molar refractivity (Wildman–Crippen MR) is 136 cm³/mol. The fraction of sp³-hybridized carbons (Fsp3) is 0.433. The standard InChI is InChI=1S/C30H39NO/c1-4-6-8-9-10-11-29-19-16-28(23-31-29)24(3)25-12-14-26(15-13-25)27-17-20-30(21-18-27)32-22-7-5-2/h12-21,23-24H,4-11,22H2,1-3H3. The van der Waals surface area contributed by atoms with Crippen LogP contribution < -0.4 is 4.74 Å². The van der Waals surface area contributed by atoms with Gasteiger partial charge in [0.05, 0.1) is 6.61 Å². The lowest BCUT2D eigenvalue weighted by Gasteiger charge is -2.14. The van der Waals surface area contributed by atoms with Gasteiger partial charge in [-0.25, -0.2) is 0 Å². The minimum Gasteiger partial charge on any atom is -0.494 e. The Labute approximate surface area is 195 Å². The van der Waals surface area contributed by atoms with Crippen molar-refractivity contribution in [3.8, 4) is 16.9 Å². The van der Waals surface area contributed by atoms with Crippen molar-refractivity contribution in [2.24, 2.45) is 0 Å². The highest BCUT2D eigenvalue weighted by Gasteiger charge is 2.10. The lowest BCUT2D eigenvalue weighted by molar-refractivity contribution is 0.309. The van der Waals surface area contributed by atoms with Crippen molar-refractivity contribution in [2.75, 3.05) is 6.61 Å². The fourth-order valence-electron chi connectivity index (χ4n) is 3.98. The van der Waals surface area contributed by atoms with Crippen molar-refractivity contribution in [1.29, 1.82) is 0 Å². The molecule has 0 fully saturated rings. The maximum Gasteiger partial charge on any atom is 0.119 e. The van der Waals surface area contributed by atoms with Crippen LogP contribution in [0.3, 0.4) is 0 Å². The van der Waals surface area contributed by atoms with E-state index in [2.05, 4.69) is 87.6 Å². The van der Waals surface area contributed by atoms with E-state index < -0.39 is 0 Å². The van der Waals surface area contributed by atoms with Crippen molar-refractivity contribution < 1.29 is 4.74 Å². The summed E-state index contributed by atoms with van der Waals surface area (Å²) >= 11 is 0. The maximum atomic E-state index is 5.78. The minimum atomic E-state index is 0.337. The zero-order chi connectivity index (χ0) is 22.6. The van der Waals surface area contributed by atoms with Crippen molar-refractivity contribution in [3.05, 3.63) is 83.7 Å². The molecular formula is C30H39NO. The van der Waals surface area contributed by atoms with Gasteiger partial charge >= 0.3 is 0 Å². The first kappa shape index (κ1) is 24.0. The number of unbranched alkanes of at least 4 members (excludes halogenated alkanes) is 5. The van der Waals surface area contributed by atoms with Crippen LogP contribution in [0, 0.1) is 0 Å². The molecule has 0 saturated carbocycles. The van der Waals surface area contributed by atoms with Crippen LogP contribution in [-0.2, 0) is 6.42 Å². The Balaban J connectivity index is 1.56. The molecule has 1 unspecified atom stereocenters. The molecule has 0 saturated heterocycles. The lowest BCUT2D eigenvalue weighted by Crippen LogP contribution is -1.99. The molecular weight excluding hydrogens is 390 g/mol. The molecule has 3 rings (SSSR count). The number of benzene rings is 2. The van der Waals surface area contributed by atoms with Crippen LogP contribution in [0.25, 0.3) is 11.1 Å². The summed E-state index contributed by atoms with van der Waals surface area (Å²) in [5, 5.41) is 0. The van der Waals surface area contributed by atoms with E-state index in [9.17, 15) is 0 Å². The molecule has 32 heavy (non-hydrogen) atoms. The molecule has 0 aliphatic rings. The topological polar surface area (TPSA) is 22.1 Å². The summed E-state index contributed by atoms with van der Waals surface area (Å²) in [4.78, 5) is 4.73. The van der Waals surface area contributed by atoms with Gasteiger partial charge in [-0.2, -0.15) is 0 Å². The van der Waals surface area contributed by atoms with Crippen molar-refractivity contribution in [2.45, 2.75) is 78.1 Å². The van der Waals surface area contributed by atoms with Crippen LogP contribution in [-0.4, -0.2) is 11.6 Å². The Bertz CT molecular complexity index is 897. The van der Waals surface area contributed by atoms with Crippen LogP contribution in [0.15, 0.2) is 66.9 Å². The van der Waals surface area contributed by atoms with E-state index in [1.165, 1.54) is 60.1 Å². The van der Waals surface area contributed by atoms with Crippen LogP contribution in [0.5, 0.6) is 5.75 Å². The first-order valence-electron chi connectivity index (χ1n) is 12.5. The molecule has 1 heterocycles. The normalized spacial score (nSPS) is 12.0. The molecule has 3 aromatic rings. The summed E-state index contributed by atoms with van der Waals surface area (Å²) in [5.74, 6) is 1.29. The molecule has 1 aromatic heterocycles. The molecule has 0 aliphatic heterocycles. The first-order valence-corrected chi connectivity index (χ1v) is 12.5. The molecule has 2 heteroatoms. The van der Waals surface area contributed by atoms with E-state index in [0.29, 0.717) is 5.92 Å². The highest BCUT2D eigenvalue weighted by atomic mass is 16.5. The summed E-state index contributed by atoms with van der Waals surface area (Å²) in [7, 11) is 0. The lowest BCUT2D eigenvalue weighted by atomic mass is 9.92. The number of rotatable bonds is 13. The molecule has 170 valence electrons. The molecule has 0 aliphatic carbocycles. The summed E-state index contributed by atoms with van der Waals surface area (Å²) < 4.78 is 5.78. The second-order valence-electron chi connectivity index (χ2n) is 8.82. The Morgan fingerprint density at radius 3 is 1.94 bits per heavy atom. The number of pyridine rings is 1. The molecule has 0 spiro atoms. The molecule has 2 nitrogen and oxygen atoms in total. The number of aromatic nitrogens is 1. The zero-order valence-corrected chi connectivity index (χ0v) is 20.1. The molecule has 0 amide bonds. The van der Waals surface area contributed by atoms with E-state index in [1.807, 2.05) is 0 Å². The third-order valence-corrected chi connectivity index (χ3v) is 6.25. The van der Waals surface area contributed by atoms with Crippen molar-refractivity contribution >= 4 is 0 Å². The molecule has 0 N–H and O–H groups in total. The van der Waals surface area contributed by atoms with Gasteiger partial charge in [-0.3, -0.25) is 4.98 Å². The second-order valence-corrected chi connectivity index (χ2v) is 8.82. The monoisotopic (exact) mass is 429 g/mol. The van der Waals surface area contributed by atoms with Gasteiger partial charge in [-0.05, 0) is 59.7 Å². The molecule has 0 bridgehead atoms. The largest absolute Gasteiger partial charge is 0.494 e. The summed E-state index contributed by atoms with van der Waals surface area (Å²) in [6, 6.07) is 21.8. The summed E-state index contributed by atoms with van der Waals surface area (Å²) in [6.45, 7) is 7.49. The number of aryl methyl sites for hydroxylation is 1. The fourth-order valence-corrected chi connectivity index (χ4v) is 3.98. The van der Waals surface area contributed by atoms with Crippen LogP contribution in [0.1, 0.15) is 88.5 Å². The average Bonchev–Trinajstić information content (AvgIpc) is 2.85. The number of hydrogen-bond donors (Lipinski definition) is 0. The van der Waals surface area contributed by atoms with Gasteiger partial charge in [-0.1, -0.05) is 95.3 Å². The van der Waals surface area contributed by atoms with E-state index in [4.69, 9.17) is 9.72 Å². The third kappa shape index (κ3) is 7.22. The van der Waals surface area contributed by atoms with Gasteiger partial charge in [0.2, 0.25) is 0 Å². The van der Waals surface area contributed by atoms with Crippen molar-refractivity contribution in [1.82, 2.24) is 4.98 Å². The SMILES string of the molecule is CCCCCCCc1ccc(C(C)c2ccc(-c3ccc(OCCCC)cc3)cc2)cn1. The Morgan fingerprint density at radius 1 is 0.688 bits per heavy atom. The minimum absolute atomic E-state index is 0.337. The van der Waals surface area contributed by atoms with Gasteiger partial charge in [0, 0.05) is 17.8 Å². The average molecular weight is 430 g/mol. The van der Waals surface area contributed by atoms with E-state index >= 15 is 0 Å². The van der Waals surface area contributed by atoms with E-state index in [0.717, 1.165) is 31.6 Å². The Hall–Kier alpha value is -2.61. The third-order valence-electron chi connectivity index (χ3n) is 6.25. The maximum absolute atomic E-state index is 5.78. The molecule has 2 aromatic carbocycles. The van der Waals surface area contributed by atoms with E-state index in [-0.39, 0.29) is 0 Å². The smallest absolute Gasteiger partial charge is 0.119 e. The number of ether oxygens (including phenoxy) is 1. The highest BCUT2D eigenvalue weighted by Crippen LogP contribution is 2.28. The van der Waals surface area contributed by atoms with Crippen LogP contribution in [0.4, 0.5) is 0 Å². The highest BCUT2D eigenvalue weighted by molar-refractivity contribution is 5.64. The van der Waals surface area contributed by atoms with Gasteiger partial charge in [0.1, 0.15) is 5.75 Å². The number of hydrogen-bond acceptors (Lipinski definition) is 2. The Kier molecular flexibility index (Phi) is 9.81. The first-order chi connectivity index (χ1) is 15.7. The second kappa shape index (κ2) is 13.1. The zero-order valence-electron chi connectivity index (χ0n) is 20.1. The Morgan fingerprint density at radius 2 is 1.31 bits per heavy atom. The van der Waals surface area contributed by atoms with E-state index in [1.54, 1.807) is 0 Å². The quantitative estimate of drug-likeness (QED) is 0.254. The number of nitrogens with zero attached hydrogens (tertiary/aromatic N) is 1. The van der Waals surface area contributed by atoms with Crippen LogP contribution in [0.2, 0.25) is 0 Å². The molecule has 0 radical (unpaired) electrons. The predicted octanol–water partition coefficient (Wildman–Crippen LogP) is 8.59.